The summed E-state index contributed by atoms with van der Waals surface area (Å²) in [6, 6.07) is 9.22. The number of aryl methyl sites for hydroxylation is 1. The summed E-state index contributed by atoms with van der Waals surface area (Å²) >= 11 is 0. The molecule has 4 rings (SSSR count). The molecule has 0 saturated carbocycles. The largest absolute Gasteiger partial charge is 0.496 e. The summed E-state index contributed by atoms with van der Waals surface area (Å²) in [4.78, 5) is 17.2. The lowest BCUT2D eigenvalue weighted by molar-refractivity contribution is 0.102. The molecule has 0 radical (unpaired) electrons. The third-order valence-corrected chi connectivity index (χ3v) is 5.53. The van der Waals surface area contributed by atoms with E-state index in [4.69, 9.17) is 18.9 Å². The van der Waals surface area contributed by atoms with Crippen molar-refractivity contribution < 1.29 is 23.7 Å². The van der Waals surface area contributed by atoms with Gasteiger partial charge in [-0.25, -0.2) is 4.98 Å². The van der Waals surface area contributed by atoms with Gasteiger partial charge in [-0.1, -0.05) is 0 Å². The number of rotatable bonds is 8. The van der Waals surface area contributed by atoms with E-state index in [1.165, 1.54) is 0 Å². The average molecular weight is 434 g/mol. The van der Waals surface area contributed by atoms with Crippen molar-refractivity contribution in [1.29, 1.82) is 0 Å². The number of nitrogens with zero attached hydrogens (tertiary/aromatic N) is 2. The molecular formula is C25H26N2O5. The third kappa shape index (κ3) is 4.46. The molecule has 0 bridgehead atoms. The number of carbonyl (C=O) groups is 1. The standard InChI is InChI=1S/C25H26N2O5/c1-29-20-14-23(30-2)22(24(15-20)31-3)13-18-5-4-17-12-19(6-7-21(17)25(18)28)32-11-10-27-9-8-26-16-27/h6-9,12-16H,4-5,10-11H2,1-3H3. The Balaban J connectivity index is 1.54. The molecule has 0 aliphatic heterocycles. The van der Waals surface area contributed by atoms with Crippen LogP contribution in [0.1, 0.15) is 27.9 Å². The first-order valence-electron chi connectivity index (χ1n) is 10.4. The lowest BCUT2D eigenvalue weighted by Gasteiger charge is -2.20. The maximum Gasteiger partial charge on any atom is 0.189 e. The number of Topliss-reactive ketones (excluding diaryl/α,β-unsaturated/α-hetero) is 1. The molecule has 1 heterocycles. The number of ether oxygens (including phenoxy) is 4. The van der Waals surface area contributed by atoms with Crippen LogP contribution in [0, 0.1) is 0 Å². The second-order valence-electron chi connectivity index (χ2n) is 7.41. The van der Waals surface area contributed by atoms with Crippen LogP contribution in [0.2, 0.25) is 0 Å². The molecule has 32 heavy (non-hydrogen) atoms. The minimum Gasteiger partial charge on any atom is -0.496 e. The number of carbonyl (C=O) groups excluding carboxylic acids is 1. The van der Waals surface area contributed by atoms with Crippen molar-refractivity contribution in [2.75, 3.05) is 27.9 Å². The second kappa shape index (κ2) is 9.60. The van der Waals surface area contributed by atoms with E-state index in [0.717, 1.165) is 23.3 Å². The highest BCUT2D eigenvalue weighted by Crippen LogP contribution is 2.37. The van der Waals surface area contributed by atoms with Crippen LogP contribution in [-0.2, 0) is 13.0 Å². The zero-order chi connectivity index (χ0) is 22.5. The Kier molecular flexibility index (Phi) is 6.44. The van der Waals surface area contributed by atoms with Crippen LogP contribution in [0.25, 0.3) is 6.08 Å². The van der Waals surface area contributed by atoms with Gasteiger partial charge < -0.3 is 23.5 Å². The van der Waals surface area contributed by atoms with E-state index in [2.05, 4.69) is 4.98 Å². The number of aromatic nitrogens is 2. The molecular weight excluding hydrogens is 408 g/mol. The van der Waals surface area contributed by atoms with E-state index in [1.54, 1.807) is 46.0 Å². The smallest absolute Gasteiger partial charge is 0.189 e. The van der Waals surface area contributed by atoms with E-state index in [-0.39, 0.29) is 5.78 Å². The highest BCUT2D eigenvalue weighted by molar-refractivity contribution is 6.13. The van der Waals surface area contributed by atoms with Gasteiger partial charge in [-0.3, -0.25) is 4.79 Å². The van der Waals surface area contributed by atoms with Gasteiger partial charge in [0.1, 0.15) is 29.6 Å². The van der Waals surface area contributed by atoms with Crippen molar-refractivity contribution in [1.82, 2.24) is 9.55 Å². The van der Waals surface area contributed by atoms with Crippen molar-refractivity contribution in [3.05, 3.63) is 71.3 Å². The molecule has 7 heteroatoms. The van der Waals surface area contributed by atoms with E-state index >= 15 is 0 Å². The highest BCUT2D eigenvalue weighted by Gasteiger charge is 2.24. The average Bonchev–Trinajstić information content (AvgIpc) is 3.34. The van der Waals surface area contributed by atoms with Crippen molar-refractivity contribution >= 4 is 11.9 Å². The van der Waals surface area contributed by atoms with Crippen molar-refractivity contribution in [2.45, 2.75) is 19.4 Å². The summed E-state index contributed by atoms with van der Waals surface area (Å²) in [5, 5.41) is 0. The lowest BCUT2D eigenvalue weighted by atomic mass is 9.85. The SMILES string of the molecule is COc1cc(OC)c(C=C2CCc3cc(OCCn4ccnc4)ccc3C2=O)c(OC)c1. The van der Waals surface area contributed by atoms with Gasteiger partial charge in [-0.15, -0.1) is 0 Å². The van der Waals surface area contributed by atoms with E-state index in [1.807, 2.05) is 35.0 Å². The summed E-state index contributed by atoms with van der Waals surface area (Å²) in [7, 11) is 4.76. The maximum atomic E-state index is 13.2. The number of fused-ring (bicyclic) bond motifs is 1. The fourth-order valence-corrected chi connectivity index (χ4v) is 3.82. The van der Waals surface area contributed by atoms with Crippen LogP contribution in [0.3, 0.4) is 0 Å². The monoisotopic (exact) mass is 434 g/mol. The molecule has 0 atom stereocenters. The first-order chi connectivity index (χ1) is 15.6. The molecule has 1 aliphatic rings. The van der Waals surface area contributed by atoms with Crippen LogP contribution in [0.4, 0.5) is 0 Å². The third-order valence-electron chi connectivity index (χ3n) is 5.53. The summed E-state index contributed by atoms with van der Waals surface area (Å²) in [6.45, 7) is 1.25. The Bertz CT molecular complexity index is 1110. The van der Waals surface area contributed by atoms with Crippen molar-refractivity contribution in [3.63, 3.8) is 0 Å². The normalized spacial score (nSPS) is 14.2. The van der Waals surface area contributed by atoms with Crippen LogP contribution in [0.5, 0.6) is 23.0 Å². The van der Waals surface area contributed by atoms with E-state index < -0.39 is 0 Å². The minimum atomic E-state index is 0.0103. The van der Waals surface area contributed by atoms with Gasteiger partial charge >= 0.3 is 0 Å². The van der Waals surface area contributed by atoms with Crippen LogP contribution >= 0.6 is 0 Å². The summed E-state index contributed by atoms with van der Waals surface area (Å²) in [5.41, 5.74) is 3.15. The van der Waals surface area contributed by atoms with E-state index in [9.17, 15) is 4.79 Å². The Hall–Kier alpha value is -3.74. The number of hydrogen-bond acceptors (Lipinski definition) is 6. The number of benzene rings is 2. The highest BCUT2D eigenvalue weighted by atomic mass is 16.5. The van der Waals surface area contributed by atoms with Gasteiger partial charge in [0.15, 0.2) is 5.78 Å². The Labute approximate surface area is 187 Å². The van der Waals surface area contributed by atoms with Crippen LogP contribution < -0.4 is 18.9 Å². The fourth-order valence-electron chi connectivity index (χ4n) is 3.82. The fraction of sp³-hybridized carbons (Fsp3) is 0.280. The number of ketones is 1. The van der Waals surface area contributed by atoms with E-state index in [0.29, 0.717) is 48.0 Å². The molecule has 0 saturated heterocycles. The molecule has 1 aromatic heterocycles. The number of methoxy groups -OCH3 is 3. The summed E-state index contributed by atoms with van der Waals surface area (Å²) < 4.78 is 24.2. The summed E-state index contributed by atoms with van der Waals surface area (Å²) in [5.74, 6) is 2.59. The maximum absolute atomic E-state index is 13.2. The minimum absolute atomic E-state index is 0.0103. The molecule has 0 unspecified atom stereocenters. The number of hydrogen-bond donors (Lipinski definition) is 0. The second-order valence-corrected chi connectivity index (χ2v) is 7.41. The van der Waals surface area contributed by atoms with Gasteiger partial charge in [0.05, 0.1) is 39.8 Å². The Morgan fingerprint density at radius 1 is 1.00 bits per heavy atom. The van der Waals surface area contributed by atoms with Crippen LogP contribution in [-0.4, -0.2) is 43.3 Å². The molecule has 0 N–H and O–H groups in total. The summed E-state index contributed by atoms with van der Waals surface area (Å²) in [6.07, 6.45) is 8.64. The topological polar surface area (TPSA) is 71.8 Å². The first kappa shape index (κ1) is 21.5. The molecule has 3 aromatic rings. The zero-order valence-electron chi connectivity index (χ0n) is 18.5. The first-order valence-corrected chi connectivity index (χ1v) is 10.4. The molecule has 1 aliphatic carbocycles. The zero-order valence-corrected chi connectivity index (χ0v) is 18.5. The van der Waals surface area contributed by atoms with Gasteiger partial charge in [-0.05, 0) is 42.7 Å². The predicted molar refractivity (Wildman–Crippen MR) is 121 cm³/mol. The Morgan fingerprint density at radius 3 is 2.44 bits per heavy atom. The van der Waals surface area contributed by atoms with Crippen molar-refractivity contribution in [2.24, 2.45) is 0 Å². The Morgan fingerprint density at radius 2 is 1.78 bits per heavy atom. The van der Waals surface area contributed by atoms with Crippen LogP contribution in [0.15, 0.2) is 54.6 Å². The molecule has 0 spiro atoms. The van der Waals surface area contributed by atoms with Gasteiger partial charge in [0.25, 0.3) is 0 Å². The van der Waals surface area contributed by atoms with Crippen molar-refractivity contribution in [3.8, 4) is 23.0 Å². The quantitative estimate of drug-likeness (QED) is 0.495. The number of imidazole rings is 1. The lowest BCUT2D eigenvalue weighted by Crippen LogP contribution is -2.15. The molecule has 0 amide bonds. The molecule has 0 fully saturated rings. The van der Waals surface area contributed by atoms with Gasteiger partial charge in [-0.2, -0.15) is 0 Å². The van der Waals surface area contributed by atoms with Gasteiger partial charge in [0.2, 0.25) is 0 Å². The number of allylic oxidation sites excluding steroid dienone is 1. The molecule has 2 aromatic carbocycles. The molecule has 7 nitrogen and oxygen atoms in total. The predicted octanol–water partition coefficient (Wildman–Crippen LogP) is 4.20. The molecule has 166 valence electrons. The van der Waals surface area contributed by atoms with Gasteiger partial charge in [0, 0.05) is 35.7 Å².